The van der Waals surface area contributed by atoms with Gasteiger partial charge in [0.1, 0.15) is 0 Å². The van der Waals surface area contributed by atoms with Gasteiger partial charge in [-0.1, -0.05) is 41.4 Å². The summed E-state index contributed by atoms with van der Waals surface area (Å²) in [5.41, 5.74) is 1.45. The maximum absolute atomic E-state index is 11.0. The highest BCUT2D eigenvalue weighted by molar-refractivity contribution is 6.42. The van der Waals surface area contributed by atoms with Crippen LogP contribution in [0.4, 0.5) is 0 Å². The molecule has 0 aliphatic carbocycles. The van der Waals surface area contributed by atoms with E-state index in [1.165, 1.54) is 0 Å². The van der Waals surface area contributed by atoms with Crippen LogP contribution in [0.3, 0.4) is 0 Å². The molecule has 0 saturated heterocycles. The van der Waals surface area contributed by atoms with Crippen LogP contribution in [0.2, 0.25) is 10.0 Å². The molecule has 0 atom stereocenters. The van der Waals surface area contributed by atoms with Crippen molar-refractivity contribution in [1.29, 1.82) is 0 Å². The summed E-state index contributed by atoms with van der Waals surface area (Å²) in [5, 5.41) is 17.5. The Morgan fingerprint density at radius 3 is 2.68 bits per heavy atom. The van der Waals surface area contributed by atoms with E-state index in [-0.39, 0.29) is 5.69 Å². The number of hydrogen-bond donors (Lipinski definition) is 1. The molecule has 100 valence electrons. The highest BCUT2D eigenvalue weighted by atomic mass is 35.5. The number of nitrogens with zero attached hydrogens (tertiary/aromatic N) is 3. The van der Waals surface area contributed by atoms with Crippen molar-refractivity contribution in [1.82, 2.24) is 15.0 Å². The predicted molar refractivity (Wildman–Crippen MR) is 71.9 cm³/mol. The van der Waals surface area contributed by atoms with Gasteiger partial charge in [-0.15, -0.1) is 5.10 Å². The number of aromatic nitrogens is 3. The van der Waals surface area contributed by atoms with Gasteiger partial charge < -0.3 is 5.11 Å². The maximum Gasteiger partial charge on any atom is 0.358 e. The van der Waals surface area contributed by atoms with Crippen LogP contribution in [0.5, 0.6) is 0 Å². The number of aromatic carboxylic acids is 1. The minimum absolute atomic E-state index is 0.0115. The minimum atomic E-state index is -1.07. The normalized spacial score (nSPS) is 10.7. The average Bonchev–Trinajstić information content (AvgIpc) is 2.76. The second kappa shape index (κ2) is 5.59. The van der Waals surface area contributed by atoms with Crippen molar-refractivity contribution in [3.8, 4) is 0 Å². The average molecular weight is 300 g/mol. The lowest BCUT2D eigenvalue weighted by molar-refractivity contribution is 0.0689. The largest absolute Gasteiger partial charge is 0.476 e. The van der Waals surface area contributed by atoms with Gasteiger partial charge >= 0.3 is 5.97 Å². The molecule has 0 fully saturated rings. The molecular weight excluding hydrogens is 289 g/mol. The molecule has 2 aromatic rings. The molecule has 7 heteroatoms. The molecule has 1 aromatic carbocycles. The summed E-state index contributed by atoms with van der Waals surface area (Å²) >= 11 is 11.8. The summed E-state index contributed by atoms with van der Waals surface area (Å²) in [6, 6.07) is 5.24. The van der Waals surface area contributed by atoms with Gasteiger partial charge in [0.25, 0.3) is 0 Å². The monoisotopic (exact) mass is 299 g/mol. The summed E-state index contributed by atoms with van der Waals surface area (Å²) in [7, 11) is 0. The van der Waals surface area contributed by atoms with E-state index in [0.29, 0.717) is 28.7 Å². The van der Waals surface area contributed by atoms with E-state index in [1.807, 2.05) is 13.0 Å². The van der Waals surface area contributed by atoms with Crippen LogP contribution in [0, 0.1) is 0 Å². The first-order valence-electron chi connectivity index (χ1n) is 5.62. The summed E-state index contributed by atoms with van der Waals surface area (Å²) in [4.78, 5) is 11.0. The number of carbonyl (C=O) groups is 1. The van der Waals surface area contributed by atoms with Crippen LogP contribution in [-0.2, 0) is 13.0 Å². The lowest BCUT2D eigenvalue weighted by Crippen LogP contribution is -2.08. The third-order valence-electron chi connectivity index (χ3n) is 2.69. The van der Waals surface area contributed by atoms with E-state index in [0.717, 1.165) is 5.56 Å². The van der Waals surface area contributed by atoms with Gasteiger partial charge in [-0.25, -0.2) is 9.48 Å². The van der Waals surface area contributed by atoms with Gasteiger partial charge in [-0.3, -0.25) is 0 Å². The van der Waals surface area contributed by atoms with Gasteiger partial charge in [-0.05, 0) is 24.1 Å². The van der Waals surface area contributed by atoms with Crippen molar-refractivity contribution in [2.24, 2.45) is 0 Å². The molecule has 0 unspecified atom stereocenters. The van der Waals surface area contributed by atoms with Gasteiger partial charge in [0, 0.05) is 0 Å². The fourth-order valence-electron chi connectivity index (χ4n) is 1.79. The van der Waals surface area contributed by atoms with Gasteiger partial charge in [0.2, 0.25) is 0 Å². The van der Waals surface area contributed by atoms with Crippen LogP contribution in [0.15, 0.2) is 18.2 Å². The molecule has 0 radical (unpaired) electrons. The zero-order chi connectivity index (χ0) is 14.0. The van der Waals surface area contributed by atoms with Crippen molar-refractivity contribution in [2.75, 3.05) is 0 Å². The summed E-state index contributed by atoms with van der Waals surface area (Å²) in [6.07, 6.45) is 0.538. The van der Waals surface area contributed by atoms with Crippen LogP contribution >= 0.6 is 23.2 Å². The van der Waals surface area contributed by atoms with Crippen LogP contribution in [-0.4, -0.2) is 26.1 Å². The Bertz CT molecular complexity index is 625. The number of carboxylic acid groups (broad SMARTS) is 1. The first-order chi connectivity index (χ1) is 9.02. The van der Waals surface area contributed by atoms with Crippen molar-refractivity contribution in [3.05, 3.63) is 45.2 Å². The van der Waals surface area contributed by atoms with E-state index in [1.54, 1.807) is 16.8 Å². The van der Waals surface area contributed by atoms with Crippen molar-refractivity contribution < 1.29 is 9.90 Å². The Morgan fingerprint density at radius 2 is 2.11 bits per heavy atom. The molecule has 0 aliphatic heterocycles. The molecule has 0 spiro atoms. The van der Waals surface area contributed by atoms with Crippen LogP contribution in [0.25, 0.3) is 0 Å². The van der Waals surface area contributed by atoms with Crippen LogP contribution < -0.4 is 0 Å². The molecule has 1 aromatic heterocycles. The summed E-state index contributed by atoms with van der Waals surface area (Å²) in [6.45, 7) is 2.26. The van der Waals surface area contributed by atoms with E-state index in [9.17, 15) is 4.79 Å². The van der Waals surface area contributed by atoms with Gasteiger partial charge in [0.05, 0.1) is 22.3 Å². The third-order valence-corrected chi connectivity index (χ3v) is 3.43. The summed E-state index contributed by atoms with van der Waals surface area (Å²) < 4.78 is 1.56. The Labute approximate surface area is 119 Å². The fraction of sp³-hybridized carbons (Fsp3) is 0.250. The minimum Gasteiger partial charge on any atom is -0.476 e. The quantitative estimate of drug-likeness (QED) is 0.942. The second-order valence-electron chi connectivity index (χ2n) is 3.95. The fourth-order valence-corrected chi connectivity index (χ4v) is 2.11. The van der Waals surface area contributed by atoms with Crippen molar-refractivity contribution >= 4 is 29.2 Å². The lowest BCUT2D eigenvalue weighted by atomic mass is 10.2. The maximum atomic E-state index is 11.0. The first-order valence-corrected chi connectivity index (χ1v) is 6.38. The highest BCUT2D eigenvalue weighted by Gasteiger charge is 2.17. The number of halogens is 2. The van der Waals surface area contributed by atoms with E-state index < -0.39 is 5.97 Å². The number of carboxylic acids is 1. The second-order valence-corrected chi connectivity index (χ2v) is 4.76. The molecule has 0 amide bonds. The Morgan fingerprint density at radius 1 is 1.37 bits per heavy atom. The highest BCUT2D eigenvalue weighted by Crippen LogP contribution is 2.23. The molecule has 0 bridgehead atoms. The molecule has 5 nitrogen and oxygen atoms in total. The Hall–Kier alpha value is -1.59. The summed E-state index contributed by atoms with van der Waals surface area (Å²) in [5.74, 6) is -1.07. The molecular formula is C12H11Cl2N3O2. The topological polar surface area (TPSA) is 68.0 Å². The first kappa shape index (κ1) is 13.8. The van der Waals surface area contributed by atoms with Gasteiger partial charge in [0.15, 0.2) is 5.69 Å². The van der Waals surface area contributed by atoms with E-state index in [2.05, 4.69) is 10.3 Å². The van der Waals surface area contributed by atoms with Crippen molar-refractivity contribution in [2.45, 2.75) is 19.9 Å². The zero-order valence-corrected chi connectivity index (χ0v) is 11.6. The standard InChI is InChI=1S/C12H11Cl2N3O2/c1-2-10-11(12(18)19)15-16-17(10)6-7-3-4-8(13)9(14)5-7/h3-5H,2,6H2,1H3,(H,18,19). The Balaban J connectivity index is 2.33. The third kappa shape index (κ3) is 2.88. The number of benzene rings is 1. The number of rotatable bonds is 4. The lowest BCUT2D eigenvalue weighted by Gasteiger charge is -2.06. The molecule has 19 heavy (non-hydrogen) atoms. The molecule has 1 N–H and O–H groups in total. The predicted octanol–water partition coefficient (Wildman–Crippen LogP) is 2.89. The van der Waals surface area contributed by atoms with Gasteiger partial charge in [-0.2, -0.15) is 0 Å². The zero-order valence-electron chi connectivity index (χ0n) is 10.1. The van der Waals surface area contributed by atoms with E-state index >= 15 is 0 Å². The van der Waals surface area contributed by atoms with E-state index in [4.69, 9.17) is 28.3 Å². The molecule has 2 rings (SSSR count). The molecule has 1 heterocycles. The van der Waals surface area contributed by atoms with Crippen LogP contribution in [0.1, 0.15) is 28.7 Å². The molecule has 0 saturated carbocycles. The Kier molecular flexibility index (Phi) is 4.07. The SMILES string of the molecule is CCc1c(C(=O)O)nnn1Cc1ccc(Cl)c(Cl)c1. The number of hydrogen-bond acceptors (Lipinski definition) is 3. The van der Waals surface area contributed by atoms with Crippen molar-refractivity contribution in [3.63, 3.8) is 0 Å². The molecule has 0 aliphatic rings. The smallest absolute Gasteiger partial charge is 0.358 e.